The molecule has 1 aromatic rings. The van der Waals surface area contributed by atoms with Crippen LogP contribution in [-0.2, 0) is 9.53 Å². The van der Waals surface area contributed by atoms with E-state index in [4.69, 9.17) is 9.47 Å². The van der Waals surface area contributed by atoms with Crippen LogP contribution in [-0.4, -0.2) is 53.7 Å². The minimum atomic E-state index is 0.00119. The molecule has 1 aliphatic rings. The highest BCUT2D eigenvalue weighted by Gasteiger charge is 2.27. The van der Waals surface area contributed by atoms with E-state index >= 15 is 0 Å². The molecular formula is C11H15N3O3. The largest absolute Gasteiger partial charge is 0.472 e. The molecule has 0 N–H and O–H groups in total. The lowest BCUT2D eigenvalue weighted by Gasteiger charge is -2.16. The minimum Gasteiger partial charge on any atom is -0.472 e. The molecule has 6 heteroatoms. The zero-order chi connectivity index (χ0) is 12.1. The third kappa shape index (κ3) is 3.13. The van der Waals surface area contributed by atoms with Crippen molar-refractivity contribution >= 4 is 5.91 Å². The van der Waals surface area contributed by atoms with E-state index in [1.54, 1.807) is 17.2 Å². The third-order valence-corrected chi connectivity index (χ3v) is 2.61. The first kappa shape index (κ1) is 11.8. The van der Waals surface area contributed by atoms with Crippen molar-refractivity contribution in [3.05, 3.63) is 18.6 Å². The van der Waals surface area contributed by atoms with Gasteiger partial charge in [0, 0.05) is 32.3 Å². The molecule has 1 saturated heterocycles. The van der Waals surface area contributed by atoms with Crippen molar-refractivity contribution in [1.82, 2.24) is 14.9 Å². The van der Waals surface area contributed by atoms with Gasteiger partial charge in [-0.05, 0) is 0 Å². The number of aromatic nitrogens is 2. The summed E-state index contributed by atoms with van der Waals surface area (Å²) >= 11 is 0. The Hall–Kier alpha value is -1.69. The summed E-state index contributed by atoms with van der Waals surface area (Å²) < 4.78 is 10.5. The maximum absolute atomic E-state index is 11.6. The van der Waals surface area contributed by atoms with Gasteiger partial charge in [0.1, 0.15) is 19.0 Å². The normalized spacial score (nSPS) is 19.4. The van der Waals surface area contributed by atoms with Crippen molar-refractivity contribution in [2.45, 2.75) is 12.5 Å². The van der Waals surface area contributed by atoms with Gasteiger partial charge in [0.15, 0.2) is 0 Å². The summed E-state index contributed by atoms with van der Waals surface area (Å²) in [5.74, 6) is 0.548. The number of rotatable bonds is 4. The lowest BCUT2D eigenvalue weighted by Crippen LogP contribution is -2.33. The first-order chi connectivity index (χ1) is 8.29. The number of amides is 1. The van der Waals surface area contributed by atoms with Crippen molar-refractivity contribution in [3.63, 3.8) is 0 Å². The molecule has 0 bridgehead atoms. The van der Waals surface area contributed by atoms with E-state index in [9.17, 15) is 4.79 Å². The van der Waals surface area contributed by atoms with Crippen molar-refractivity contribution in [2.24, 2.45) is 0 Å². The molecule has 1 fully saturated rings. The van der Waals surface area contributed by atoms with Gasteiger partial charge in [-0.1, -0.05) is 0 Å². The molecular weight excluding hydrogens is 222 g/mol. The van der Waals surface area contributed by atoms with E-state index in [1.807, 2.05) is 0 Å². The maximum Gasteiger partial charge on any atom is 0.248 e. The number of methoxy groups -OCH3 is 1. The highest BCUT2D eigenvalue weighted by atomic mass is 16.5. The van der Waals surface area contributed by atoms with Crippen molar-refractivity contribution < 1.29 is 14.3 Å². The Morgan fingerprint density at radius 2 is 2.53 bits per heavy atom. The maximum atomic E-state index is 11.6. The summed E-state index contributed by atoms with van der Waals surface area (Å²) in [4.78, 5) is 21.1. The van der Waals surface area contributed by atoms with Gasteiger partial charge < -0.3 is 14.4 Å². The topological polar surface area (TPSA) is 64.5 Å². The predicted octanol–water partition coefficient (Wildman–Crippen LogP) is 0.103. The van der Waals surface area contributed by atoms with Crippen LogP contribution < -0.4 is 4.74 Å². The first-order valence-corrected chi connectivity index (χ1v) is 5.49. The van der Waals surface area contributed by atoms with Crippen molar-refractivity contribution in [1.29, 1.82) is 0 Å². The molecule has 0 radical (unpaired) electrons. The van der Waals surface area contributed by atoms with Crippen LogP contribution in [0.4, 0.5) is 0 Å². The van der Waals surface area contributed by atoms with Crippen LogP contribution in [0.2, 0.25) is 0 Å². The van der Waals surface area contributed by atoms with Gasteiger partial charge in [0.2, 0.25) is 11.8 Å². The zero-order valence-corrected chi connectivity index (χ0v) is 9.70. The Balaban J connectivity index is 1.84. The Morgan fingerprint density at radius 3 is 3.24 bits per heavy atom. The van der Waals surface area contributed by atoms with Crippen LogP contribution in [0.5, 0.6) is 5.88 Å². The Kier molecular flexibility index (Phi) is 3.87. The second-order valence-corrected chi connectivity index (χ2v) is 3.85. The number of carbonyl (C=O) groups is 1. The lowest BCUT2D eigenvalue weighted by atomic mass is 10.3. The Labute approximate surface area is 99.6 Å². The molecule has 2 rings (SSSR count). The summed E-state index contributed by atoms with van der Waals surface area (Å²) in [7, 11) is 1.52. The Morgan fingerprint density at radius 1 is 1.65 bits per heavy atom. The van der Waals surface area contributed by atoms with Crippen LogP contribution in [0.25, 0.3) is 0 Å². The molecule has 1 aliphatic heterocycles. The minimum absolute atomic E-state index is 0.00119. The van der Waals surface area contributed by atoms with Gasteiger partial charge in [0.25, 0.3) is 0 Å². The number of hydrogen-bond donors (Lipinski definition) is 0. The van der Waals surface area contributed by atoms with Crippen LogP contribution >= 0.6 is 0 Å². The van der Waals surface area contributed by atoms with Gasteiger partial charge in [-0.2, -0.15) is 0 Å². The fourth-order valence-electron chi connectivity index (χ4n) is 1.78. The van der Waals surface area contributed by atoms with Crippen LogP contribution in [0.3, 0.4) is 0 Å². The van der Waals surface area contributed by atoms with Crippen LogP contribution in [0, 0.1) is 0 Å². The molecule has 1 aromatic heterocycles. The van der Waals surface area contributed by atoms with E-state index in [2.05, 4.69) is 9.97 Å². The average Bonchev–Trinajstić information content (AvgIpc) is 2.79. The van der Waals surface area contributed by atoms with Crippen molar-refractivity contribution in [2.75, 3.05) is 26.8 Å². The highest BCUT2D eigenvalue weighted by Crippen LogP contribution is 2.15. The summed E-state index contributed by atoms with van der Waals surface area (Å²) in [5, 5.41) is 0. The molecule has 17 heavy (non-hydrogen) atoms. The van der Waals surface area contributed by atoms with E-state index in [-0.39, 0.29) is 18.6 Å². The van der Waals surface area contributed by atoms with Gasteiger partial charge >= 0.3 is 0 Å². The molecule has 1 amide bonds. The molecule has 1 atom stereocenters. The molecule has 0 saturated carbocycles. The highest BCUT2D eigenvalue weighted by molar-refractivity contribution is 5.77. The van der Waals surface area contributed by atoms with Gasteiger partial charge in [0.05, 0.1) is 6.54 Å². The molecule has 6 nitrogen and oxygen atoms in total. The second kappa shape index (κ2) is 5.58. The van der Waals surface area contributed by atoms with Gasteiger partial charge in [-0.25, -0.2) is 9.97 Å². The van der Waals surface area contributed by atoms with Crippen LogP contribution in [0.1, 0.15) is 6.42 Å². The third-order valence-electron chi connectivity index (χ3n) is 2.61. The monoisotopic (exact) mass is 237 g/mol. The lowest BCUT2D eigenvalue weighted by molar-refractivity contribution is -0.134. The number of carbonyl (C=O) groups excluding carboxylic acids is 1. The van der Waals surface area contributed by atoms with Crippen molar-refractivity contribution in [3.8, 4) is 5.88 Å². The Bertz CT molecular complexity index is 371. The average molecular weight is 237 g/mol. The molecule has 0 unspecified atom stereocenters. The number of hydrogen-bond acceptors (Lipinski definition) is 5. The number of ether oxygens (including phenoxy) is 2. The smallest absolute Gasteiger partial charge is 0.248 e. The fraction of sp³-hybridized carbons (Fsp3) is 0.545. The predicted molar refractivity (Wildman–Crippen MR) is 59.5 cm³/mol. The second-order valence-electron chi connectivity index (χ2n) is 3.85. The first-order valence-electron chi connectivity index (χ1n) is 5.49. The molecule has 0 aliphatic carbocycles. The van der Waals surface area contributed by atoms with Gasteiger partial charge in [-0.15, -0.1) is 0 Å². The summed E-state index contributed by atoms with van der Waals surface area (Å²) in [6.45, 7) is 1.42. The molecule has 0 aromatic carbocycles. The molecule has 2 heterocycles. The number of nitrogens with zero attached hydrogens (tertiary/aromatic N) is 3. The summed E-state index contributed by atoms with van der Waals surface area (Å²) in [5.41, 5.74) is 0. The quantitative estimate of drug-likeness (QED) is 0.743. The summed E-state index contributed by atoms with van der Waals surface area (Å²) in [6, 6.07) is 1.71. The van der Waals surface area contributed by atoms with E-state index in [1.165, 1.54) is 13.4 Å². The summed E-state index contributed by atoms with van der Waals surface area (Å²) in [6.07, 6.45) is 3.90. The molecule has 0 spiro atoms. The number of likely N-dealkylation sites (tertiary alicyclic amines) is 1. The van der Waals surface area contributed by atoms with E-state index < -0.39 is 0 Å². The molecule has 92 valence electrons. The fourth-order valence-corrected chi connectivity index (χ4v) is 1.78. The van der Waals surface area contributed by atoms with Gasteiger partial charge in [-0.3, -0.25) is 4.79 Å². The van der Waals surface area contributed by atoms with E-state index in [0.717, 1.165) is 6.42 Å². The van der Waals surface area contributed by atoms with E-state index in [0.29, 0.717) is 19.0 Å². The standard InChI is InChI=1S/C11H15N3O3/c1-16-7-11(15)14-5-3-9(6-14)17-10-2-4-12-8-13-10/h2,4,8-9H,3,5-7H2,1H3/t9-/m0/s1. The van der Waals surface area contributed by atoms with Crippen LogP contribution in [0.15, 0.2) is 18.6 Å². The zero-order valence-electron chi connectivity index (χ0n) is 9.70. The SMILES string of the molecule is COCC(=O)N1CC[C@H](Oc2ccncn2)C1.